The van der Waals surface area contributed by atoms with E-state index in [0.29, 0.717) is 42.2 Å². The van der Waals surface area contributed by atoms with Crippen LogP contribution in [-0.2, 0) is 16.4 Å². The fraction of sp³-hybridized carbons (Fsp3) is 0.280. The molecule has 11 heteroatoms. The van der Waals surface area contributed by atoms with Gasteiger partial charge in [0.15, 0.2) is 21.3 Å². The van der Waals surface area contributed by atoms with Crippen molar-refractivity contribution >= 4 is 15.7 Å². The lowest BCUT2D eigenvalue weighted by Gasteiger charge is -2.11. The molecule has 0 aliphatic rings. The third-order valence-corrected chi connectivity index (χ3v) is 8.13. The van der Waals surface area contributed by atoms with Gasteiger partial charge in [0.2, 0.25) is 5.89 Å². The van der Waals surface area contributed by atoms with E-state index in [4.69, 9.17) is 10.2 Å². The third-order valence-electron chi connectivity index (χ3n) is 5.81. The Balaban J connectivity index is 1.57. The summed E-state index contributed by atoms with van der Waals surface area (Å²) in [4.78, 5) is 9.02. The van der Waals surface area contributed by atoms with Gasteiger partial charge in [-0.15, -0.1) is 10.2 Å². The minimum Gasteiger partial charge on any atom is -0.414 e. The van der Waals surface area contributed by atoms with Crippen molar-refractivity contribution in [1.29, 1.82) is 0 Å². The molecular formula is C25H27FN6O3S. The van der Waals surface area contributed by atoms with Gasteiger partial charge in [0.05, 0.1) is 22.0 Å². The first kappa shape index (κ1) is 25.4. The molecule has 188 valence electrons. The van der Waals surface area contributed by atoms with Gasteiger partial charge in [-0.1, -0.05) is 31.2 Å². The Hall–Kier alpha value is -3.70. The number of benzene rings is 2. The fourth-order valence-electron chi connectivity index (χ4n) is 3.46. The number of aromatic nitrogens is 4. The molecule has 4 rings (SSSR count). The SMILES string of the molecule is CCC(C)S(=O)(=O)c1ccc(-c2cnc(N)c(-c3nnc(-c4ccc(CNCCF)cc4)o3)n2)cc1. The Labute approximate surface area is 208 Å². The van der Waals surface area contributed by atoms with Crippen LogP contribution in [0, 0.1) is 0 Å². The smallest absolute Gasteiger partial charge is 0.270 e. The maximum absolute atomic E-state index is 12.6. The van der Waals surface area contributed by atoms with Gasteiger partial charge in [0, 0.05) is 24.2 Å². The zero-order valence-electron chi connectivity index (χ0n) is 20.0. The van der Waals surface area contributed by atoms with Crippen molar-refractivity contribution in [1.82, 2.24) is 25.5 Å². The van der Waals surface area contributed by atoms with E-state index in [9.17, 15) is 12.8 Å². The highest BCUT2D eigenvalue weighted by molar-refractivity contribution is 7.92. The predicted molar refractivity (Wildman–Crippen MR) is 135 cm³/mol. The van der Waals surface area contributed by atoms with Crippen LogP contribution in [-0.4, -0.2) is 47.1 Å². The first-order valence-electron chi connectivity index (χ1n) is 11.5. The Morgan fingerprint density at radius 3 is 2.36 bits per heavy atom. The Kier molecular flexibility index (Phi) is 7.70. The summed E-state index contributed by atoms with van der Waals surface area (Å²) < 4.78 is 43.3. The summed E-state index contributed by atoms with van der Waals surface area (Å²) in [5.41, 5.74) is 9.13. The molecule has 1 atom stereocenters. The summed E-state index contributed by atoms with van der Waals surface area (Å²) in [7, 11) is -3.39. The van der Waals surface area contributed by atoms with E-state index in [2.05, 4.69) is 25.5 Å². The van der Waals surface area contributed by atoms with Crippen LogP contribution in [0.5, 0.6) is 0 Å². The number of nitrogens with zero attached hydrogens (tertiary/aromatic N) is 4. The van der Waals surface area contributed by atoms with Crippen molar-refractivity contribution < 1.29 is 17.2 Å². The molecule has 1 unspecified atom stereocenters. The second-order valence-corrected chi connectivity index (χ2v) is 10.6. The van der Waals surface area contributed by atoms with Gasteiger partial charge in [-0.2, -0.15) is 0 Å². The van der Waals surface area contributed by atoms with E-state index in [1.807, 2.05) is 31.2 Å². The molecule has 2 aromatic heterocycles. The fourth-order valence-corrected chi connectivity index (χ4v) is 4.88. The molecule has 0 spiro atoms. The third kappa shape index (κ3) is 5.42. The molecule has 0 saturated heterocycles. The topological polar surface area (TPSA) is 137 Å². The van der Waals surface area contributed by atoms with Crippen molar-refractivity contribution in [3.05, 3.63) is 60.3 Å². The van der Waals surface area contributed by atoms with Crippen LogP contribution in [0.25, 0.3) is 34.3 Å². The van der Waals surface area contributed by atoms with E-state index in [1.54, 1.807) is 31.2 Å². The molecule has 4 aromatic rings. The number of anilines is 1. The normalized spacial score (nSPS) is 12.5. The average molecular weight is 511 g/mol. The molecule has 36 heavy (non-hydrogen) atoms. The van der Waals surface area contributed by atoms with Gasteiger partial charge >= 0.3 is 0 Å². The first-order valence-corrected chi connectivity index (χ1v) is 13.0. The van der Waals surface area contributed by atoms with Crippen molar-refractivity contribution in [2.75, 3.05) is 19.0 Å². The van der Waals surface area contributed by atoms with Crippen molar-refractivity contribution in [3.63, 3.8) is 0 Å². The molecule has 0 bridgehead atoms. The number of halogens is 1. The molecule has 0 amide bonds. The maximum Gasteiger partial charge on any atom is 0.270 e. The summed E-state index contributed by atoms with van der Waals surface area (Å²) in [5, 5.41) is 10.7. The standard InChI is InChI=1S/C25H27FN6O3S/c1-3-16(2)36(33,34)20-10-8-18(9-11-20)21-15-29-23(27)22(30-21)25-32-31-24(35-25)19-6-4-17(5-7-19)14-28-13-12-26/h4-11,15-16,28H,3,12-14H2,1-2H3,(H2,27,29). The molecule has 9 nitrogen and oxygen atoms in total. The van der Waals surface area contributed by atoms with E-state index < -0.39 is 21.8 Å². The van der Waals surface area contributed by atoms with Gasteiger partial charge in [-0.25, -0.2) is 22.8 Å². The lowest BCUT2D eigenvalue weighted by molar-refractivity contribution is 0.467. The maximum atomic E-state index is 12.6. The number of sulfone groups is 1. The molecule has 2 heterocycles. The minimum atomic E-state index is -3.39. The number of nitrogen functional groups attached to an aromatic ring is 1. The summed E-state index contributed by atoms with van der Waals surface area (Å²) >= 11 is 0. The molecule has 0 saturated carbocycles. The number of nitrogens with one attached hydrogen (secondary N) is 1. The number of rotatable bonds is 10. The largest absolute Gasteiger partial charge is 0.414 e. The van der Waals surface area contributed by atoms with Crippen LogP contribution in [0.15, 0.2) is 64.0 Å². The molecule has 0 fully saturated rings. The quantitative estimate of drug-likeness (QED) is 0.302. The highest BCUT2D eigenvalue weighted by Crippen LogP contribution is 2.29. The van der Waals surface area contributed by atoms with Crippen LogP contribution in [0.3, 0.4) is 0 Å². The van der Waals surface area contributed by atoms with E-state index in [-0.39, 0.29) is 22.3 Å². The van der Waals surface area contributed by atoms with Crippen molar-refractivity contribution in [2.45, 2.75) is 37.0 Å². The molecule has 2 aromatic carbocycles. The number of hydrogen-bond donors (Lipinski definition) is 2. The molecule has 3 N–H and O–H groups in total. The molecular weight excluding hydrogens is 483 g/mol. The monoisotopic (exact) mass is 510 g/mol. The average Bonchev–Trinajstić information content (AvgIpc) is 3.39. The van der Waals surface area contributed by atoms with Gasteiger partial charge in [-0.05, 0) is 43.2 Å². The number of nitrogens with two attached hydrogens (primary N) is 1. The van der Waals surface area contributed by atoms with E-state index in [0.717, 1.165) is 5.56 Å². The zero-order chi connectivity index (χ0) is 25.7. The Morgan fingerprint density at radius 1 is 1.03 bits per heavy atom. The van der Waals surface area contributed by atoms with Crippen LogP contribution in [0.2, 0.25) is 0 Å². The molecule has 0 aliphatic heterocycles. The lowest BCUT2D eigenvalue weighted by Crippen LogP contribution is -2.16. The van der Waals surface area contributed by atoms with Crippen molar-refractivity contribution in [2.24, 2.45) is 0 Å². The van der Waals surface area contributed by atoms with Gasteiger partial charge in [-0.3, -0.25) is 0 Å². The number of hydrogen-bond acceptors (Lipinski definition) is 9. The Morgan fingerprint density at radius 2 is 1.69 bits per heavy atom. The van der Waals surface area contributed by atoms with Crippen LogP contribution >= 0.6 is 0 Å². The summed E-state index contributed by atoms with van der Waals surface area (Å²) in [6.45, 7) is 3.98. The minimum absolute atomic E-state index is 0.113. The highest BCUT2D eigenvalue weighted by atomic mass is 32.2. The molecule has 0 radical (unpaired) electrons. The summed E-state index contributed by atoms with van der Waals surface area (Å²) in [5.74, 6) is 0.528. The summed E-state index contributed by atoms with van der Waals surface area (Å²) in [6.07, 6.45) is 2.04. The molecule has 0 aliphatic carbocycles. The number of alkyl halides is 1. The Bertz CT molecular complexity index is 1420. The van der Waals surface area contributed by atoms with Crippen molar-refractivity contribution in [3.8, 4) is 34.3 Å². The highest BCUT2D eigenvalue weighted by Gasteiger charge is 2.22. The lowest BCUT2D eigenvalue weighted by atomic mass is 10.1. The van der Waals surface area contributed by atoms with Gasteiger partial charge < -0.3 is 15.5 Å². The summed E-state index contributed by atoms with van der Waals surface area (Å²) in [6, 6.07) is 14.0. The van der Waals surface area contributed by atoms with Gasteiger partial charge in [0.1, 0.15) is 6.67 Å². The van der Waals surface area contributed by atoms with Crippen LogP contribution in [0.4, 0.5) is 10.2 Å². The van der Waals surface area contributed by atoms with Gasteiger partial charge in [0.25, 0.3) is 5.89 Å². The second kappa shape index (κ2) is 10.9. The van der Waals surface area contributed by atoms with Crippen LogP contribution < -0.4 is 11.1 Å². The van der Waals surface area contributed by atoms with E-state index >= 15 is 0 Å². The first-order chi connectivity index (χ1) is 17.3. The van der Waals surface area contributed by atoms with E-state index in [1.165, 1.54) is 6.20 Å². The second-order valence-electron chi connectivity index (χ2n) is 8.25. The zero-order valence-corrected chi connectivity index (χ0v) is 20.8. The predicted octanol–water partition coefficient (Wildman–Crippen LogP) is 4.07. The van der Waals surface area contributed by atoms with Crippen LogP contribution in [0.1, 0.15) is 25.8 Å².